The normalized spacial score (nSPS) is 11.7. The third kappa shape index (κ3) is 6.55. The minimum Gasteiger partial charge on any atom is -0.272 e. The molecule has 0 bridgehead atoms. The largest absolute Gasteiger partial charge is 0.272 e. The molecule has 1 heterocycles. The summed E-state index contributed by atoms with van der Waals surface area (Å²) in [5, 5.41) is 13.6. The van der Waals surface area contributed by atoms with E-state index in [2.05, 4.69) is 51.9 Å². The number of rotatable bonds is 8. The molecule has 1 aromatic heterocycles. The van der Waals surface area contributed by atoms with Crippen molar-refractivity contribution in [2.24, 2.45) is 5.10 Å². The molecule has 176 valence electrons. The van der Waals surface area contributed by atoms with Crippen LogP contribution in [0, 0.1) is 13.8 Å². The van der Waals surface area contributed by atoms with Crippen molar-refractivity contribution in [3.05, 3.63) is 101 Å². The average molecular weight is 482 g/mol. The number of aromatic nitrogens is 3. The molecule has 0 atom stereocenters. The highest BCUT2D eigenvalue weighted by Gasteiger charge is 2.17. The Morgan fingerprint density at radius 2 is 1.60 bits per heavy atom. The molecule has 0 aliphatic carbocycles. The summed E-state index contributed by atoms with van der Waals surface area (Å²) in [6.07, 6.45) is 3.64. The molecule has 0 fully saturated rings. The summed E-state index contributed by atoms with van der Waals surface area (Å²) in [5.41, 5.74) is 8.86. The first-order valence-corrected chi connectivity index (χ1v) is 12.3. The van der Waals surface area contributed by atoms with Crippen LogP contribution < -0.4 is 5.43 Å². The first kappa shape index (κ1) is 24.2. The van der Waals surface area contributed by atoms with Gasteiger partial charge in [-0.1, -0.05) is 95.7 Å². The Morgan fingerprint density at radius 3 is 2.29 bits per heavy atom. The van der Waals surface area contributed by atoms with Crippen LogP contribution in [0.3, 0.4) is 0 Å². The number of aryl methyl sites for hydroxylation is 2. The van der Waals surface area contributed by atoms with Gasteiger partial charge in [0.2, 0.25) is 0 Å². The molecule has 0 aliphatic rings. The summed E-state index contributed by atoms with van der Waals surface area (Å²) in [6.45, 7) is 6.04. The molecule has 0 radical (unpaired) electrons. The highest BCUT2D eigenvalue weighted by Crippen LogP contribution is 2.28. The van der Waals surface area contributed by atoms with Gasteiger partial charge in [0.15, 0.2) is 11.0 Å². The number of nitrogens with zero attached hydrogens (tertiary/aromatic N) is 4. The Balaban J connectivity index is 1.47. The third-order valence-electron chi connectivity index (χ3n) is 5.22. The number of benzene rings is 3. The summed E-state index contributed by atoms with van der Waals surface area (Å²) in [4.78, 5) is 12.4. The molecule has 3 aromatic carbocycles. The smallest absolute Gasteiger partial charge is 0.250 e. The number of nitrogens with one attached hydrogen (secondary N) is 1. The molecular weight excluding hydrogens is 454 g/mol. The second kappa shape index (κ2) is 11.4. The van der Waals surface area contributed by atoms with Gasteiger partial charge in [-0.05, 0) is 44.0 Å². The lowest BCUT2D eigenvalue weighted by Gasteiger charge is -2.11. The van der Waals surface area contributed by atoms with Gasteiger partial charge < -0.3 is 0 Å². The topological polar surface area (TPSA) is 72.2 Å². The molecule has 4 rings (SSSR count). The van der Waals surface area contributed by atoms with Gasteiger partial charge in [-0.15, -0.1) is 10.2 Å². The quantitative estimate of drug-likeness (QED) is 0.195. The van der Waals surface area contributed by atoms with Gasteiger partial charge >= 0.3 is 0 Å². The zero-order valence-electron chi connectivity index (χ0n) is 20.0. The molecule has 35 heavy (non-hydrogen) atoms. The van der Waals surface area contributed by atoms with Crippen LogP contribution in [-0.4, -0.2) is 32.6 Å². The van der Waals surface area contributed by atoms with Gasteiger partial charge in [-0.2, -0.15) is 5.10 Å². The van der Waals surface area contributed by atoms with E-state index < -0.39 is 0 Å². The van der Waals surface area contributed by atoms with Crippen LogP contribution in [-0.2, 0) is 4.79 Å². The monoisotopic (exact) mass is 481 g/mol. The van der Waals surface area contributed by atoms with Crippen LogP contribution in [0.5, 0.6) is 0 Å². The first-order valence-electron chi connectivity index (χ1n) is 11.3. The minimum atomic E-state index is -0.214. The molecule has 0 spiro atoms. The Labute approximate surface area is 209 Å². The Kier molecular flexibility index (Phi) is 7.90. The number of hydrazone groups is 1. The molecule has 1 N–H and O–H groups in total. The predicted octanol–water partition coefficient (Wildman–Crippen LogP) is 5.85. The number of carbonyl (C=O) groups excluding carboxylic acids is 1. The molecule has 0 saturated heterocycles. The Morgan fingerprint density at radius 1 is 0.943 bits per heavy atom. The maximum Gasteiger partial charge on any atom is 0.250 e. The molecule has 0 aliphatic heterocycles. The van der Waals surface area contributed by atoms with E-state index in [-0.39, 0.29) is 11.7 Å². The number of hydrogen-bond donors (Lipinski definition) is 1. The van der Waals surface area contributed by atoms with E-state index in [0.29, 0.717) is 5.16 Å². The highest BCUT2D eigenvalue weighted by atomic mass is 32.2. The van der Waals surface area contributed by atoms with Crippen LogP contribution in [0.25, 0.3) is 23.2 Å². The van der Waals surface area contributed by atoms with E-state index in [1.54, 1.807) is 6.21 Å². The minimum absolute atomic E-state index is 0.163. The summed E-state index contributed by atoms with van der Waals surface area (Å²) in [5.74, 6) is 0.682. The lowest BCUT2D eigenvalue weighted by molar-refractivity contribution is -0.118. The van der Waals surface area contributed by atoms with Crippen LogP contribution in [0.15, 0.2) is 94.7 Å². The standard InChI is InChI=1S/C28H27N5OS/c1-20-9-13-24(14-10-20)27-31-32-28(33(27)25-15-11-21(2)12-16-25)35-19-26(34)30-29-18-22(3)17-23-7-5-4-6-8-23/h4-18H,19H2,1-3H3,(H,30,34). The number of carbonyl (C=O) groups is 1. The third-order valence-corrected chi connectivity index (χ3v) is 6.15. The number of thioether (sulfide) groups is 1. The van der Waals surface area contributed by atoms with Crippen LogP contribution in [0.2, 0.25) is 0 Å². The Hall–Kier alpha value is -3.97. The van der Waals surface area contributed by atoms with Crippen LogP contribution in [0.1, 0.15) is 23.6 Å². The second-order valence-corrected chi connectivity index (χ2v) is 9.17. The molecule has 0 unspecified atom stereocenters. The van der Waals surface area contributed by atoms with Gasteiger partial charge in [0, 0.05) is 11.3 Å². The maximum atomic E-state index is 12.4. The fourth-order valence-electron chi connectivity index (χ4n) is 3.40. The predicted molar refractivity (Wildman–Crippen MR) is 144 cm³/mol. The molecule has 7 heteroatoms. The molecular formula is C28H27N5OS. The second-order valence-electron chi connectivity index (χ2n) is 8.22. The summed E-state index contributed by atoms with van der Waals surface area (Å²) < 4.78 is 1.98. The number of allylic oxidation sites excluding steroid dienone is 1. The summed E-state index contributed by atoms with van der Waals surface area (Å²) >= 11 is 1.32. The summed E-state index contributed by atoms with van der Waals surface area (Å²) in [7, 11) is 0. The van der Waals surface area contributed by atoms with Crippen molar-refractivity contribution >= 4 is 30.0 Å². The van der Waals surface area contributed by atoms with Gasteiger partial charge in [-0.25, -0.2) is 5.43 Å². The SMILES string of the molecule is CC(C=NNC(=O)CSc1nnc(-c2ccc(C)cc2)n1-c1ccc(C)cc1)=Cc1ccccc1. The van der Waals surface area contributed by atoms with Crippen LogP contribution >= 0.6 is 11.8 Å². The van der Waals surface area contributed by atoms with Crippen molar-refractivity contribution in [2.45, 2.75) is 25.9 Å². The number of amides is 1. The zero-order valence-corrected chi connectivity index (χ0v) is 20.8. The summed E-state index contributed by atoms with van der Waals surface area (Å²) in [6, 6.07) is 26.3. The highest BCUT2D eigenvalue weighted by molar-refractivity contribution is 7.99. The first-order chi connectivity index (χ1) is 17.0. The average Bonchev–Trinajstić information content (AvgIpc) is 3.28. The van der Waals surface area contributed by atoms with E-state index in [0.717, 1.165) is 28.2 Å². The Bertz CT molecular complexity index is 1340. The molecule has 4 aromatic rings. The van der Waals surface area contributed by atoms with Crippen molar-refractivity contribution in [1.82, 2.24) is 20.2 Å². The van der Waals surface area contributed by atoms with Crippen molar-refractivity contribution in [3.63, 3.8) is 0 Å². The maximum absolute atomic E-state index is 12.4. The molecule has 1 amide bonds. The van der Waals surface area contributed by atoms with Crippen LogP contribution in [0.4, 0.5) is 0 Å². The van der Waals surface area contributed by atoms with E-state index in [4.69, 9.17) is 0 Å². The van der Waals surface area contributed by atoms with E-state index in [1.165, 1.54) is 22.9 Å². The van der Waals surface area contributed by atoms with Gasteiger partial charge in [0.05, 0.1) is 12.0 Å². The lowest BCUT2D eigenvalue weighted by atomic mass is 10.1. The zero-order chi connectivity index (χ0) is 24.6. The van der Waals surface area contributed by atoms with Gasteiger partial charge in [0.1, 0.15) is 0 Å². The molecule has 6 nitrogen and oxygen atoms in total. The van der Waals surface area contributed by atoms with Crippen molar-refractivity contribution in [1.29, 1.82) is 0 Å². The van der Waals surface area contributed by atoms with Crippen molar-refractivity contribution in [3.8, 4) is 17.1 Å². The molecule has 0 saturated carbocycles. The lowest BCUT2D eigenvalue weighted by Crippen LogP contribution is -2.20. The van der Waals surface area contributed by atoms with Crippen molar-refractivity contribution in [2.75, 3.05) is 5.75 Å². The fourth-order valence-corrected chi connectivity index (χ4v) is 4.14. The number of hydrogen-bond acceptors (Lipinski definition) is 5. The van der Waals surface area contributed by atoms with E-state index in [9.17, 15) is 4.79 Å². The van der Waals surface area contributed by atoms with Gasteiger partial charge in [0.25, 0.3) is 5.91 Å². The van der Waals surface area contributed by atoms with E-state index >= 15 is 0 Å². The van der Waals surface area contributed by atoms with Crippen molar-refractivity contribution < 1.29 is 4.79 Å². The van der Waals surface area contributed by atoms with Gasteiger partial charge in [-0.3, -0.25) is 9.36 Å². The van der Waals surface area contributed by atoms with E-state index in [1.807, 2.05) is 79.1 Å². The fraction of sp³-hybridized carbons (Fsp3) is 0.143.